The molecule has 0 aliphatic carbocycles. The highest BCUT2D eigenvalue weighted by atomic mass is 19.4. The van der Waals surface area contributed by atoms with E-state index >= 15 is 0 Å². The Bertz CT molecular complexity index is 1250. The Morgan fingerprint density at radius 2 is 1.74 bits per heavy atom. The predicted molar refractivity (Wildman–Crippen MR) is 141 cm³/mol. The molecule has 3 aromatic rings. The summed E-state index contributed by atoms with van der Waals surface area (Å²) in [6.45, 7) is 10.8. The maximum Gasteiger partial charge on any atom is 0.418 e. The van der Waals surface area contributed by atoms with Crippen molar-refractivity contribution in [3.8, 4) is 17.0 Å². The molecular weight excluding hydrogens is 495 g/mol. The van der Waals surface area contributed by atoms with Crippen molar-refractivity contribution in [1.82, 2.24) is 9.88 Å². The number of nitrogens with zero attached hydrogens (tertiary/aromatic N) is 2. The van der Waals surface area contributed by atoms with Crippen LogP contribution < -0.4 is 10.1 Å². The molecule has 1 aromatic heterocycles. The van der Waals surface area contributed by atoms with E-state index in [1.807, 2.05) is 18.2 Å². The fourth-order valence-corrected chi connectivity index (χ4v) is 4.30. The molecule has 1 aliphatic rings. The molecule has 4 rings (SSSR count). The van der Waals surface area contributed by atoms with Gasteiger partial charge in [0.15, 0.2) is 0 Å². The standard InChI is InChI=1S/C29H32F3N3O3/c1-28(2,3)23-11-10-22(19-25(23)38-18-15-35-13-16-37-17-14-35)34-27(36)21-8-6-20(7-9-21)26-24(29(30,31)32)5-4-12-33-26/h4-12,19H,13-18H2,1-3H3,(H,34,36). The van der Waals surface area contributed by atoms with Gasteiger partial charge in [-0.3, -0.25) is 14.7 Å². The third-order valence-electron chi connectivity index (χ3n) is 6.35. The fourth-order valence-electron chi connectivity index (χ4n) is 4.30. The average Bonchev–Trinajstić information content (AvgIpc) is 2.88. The SMILES string of the molecule is CC(C)(C)c1ccc(NC(=O)c2ccc(-c3ncccc3C(F)(F)F)cc2)cc1OCCN1CCOCC1. The van der Waals surface area contributed by atoms with Crippen LogP contribution in [0.2, 0.25) is 0 Å². The van der Waals surface area contributed by atoms with Gasteiger partial charge in [-0.05, 0) is 41.3 Å². The van der Waals surface area contributed by atoms with E-state index in [0.29, 0.717) is 23.6 Å². The van der Waals surface area contributed by atoms with Crippen molar-refractivity contribution in [3.63, 3.8) is 0 Å². The lowest BCUT2D eigenvalue weighted by atomic mass is 9.86. The van der Waals surface area contributed by atoms with Gasteiger partial charge in [-0.15, -0.1) is 0 Å². The zero-order valence-electron chi connectivity index (χ0n) is 21.8. The summed E-state index contributed by atoms with van der Waals surface area (Å²) in [4.78, 5) is 19.1. The van der Waals surface area contributed by atoms with Crippen molar-refractivity contribution < 1.29 is 27.4 Å². The normalized spacial score (nSPS) is 14.8. The van der Waals surface area contributed by atoms with E-state index < -0.39 is 11.7 Å². The molecule has 2 heterocycles. The number of rotatable bonds is 7. The van der Waals surface area contributed by atoms with Crippen LogP contribution in [0.3, 0.4) is 0 Å². The number of amides is 1. The second-order valence-electron chi connectivity index (χ2n) is 10.2. The molecular formula is C29H32F3N3O3. The first-order chi connectivity index (χ1) is 18.0. The van der Waals surface area contributed by atoms with Crippen LogP contribution in [0.25, 0.3) is 11.3 Å². The fraction of sp³-hybridized carbons (Fsp3) is 0.379. The topological polar surface area (TPSA) is 63.7 Å². The van der Waals surface area contributed by atoms with E-state index in [2.05, 4.69) is 36.0 Å². The number of benzene rings is 2. The molecule has 1 amide bonds. The number of nitrogens with one attached hydrogen (secondary N) is 1. The van der Waals surface area contributed by atoms with Crippen LogP contribution in [0.15, 0.2) is 60.8 Å². The van der Waals surface area contributed by atoms with Gasteiger partial charge in [0.25, 0.3) is 5.91 Å². The first kappa shape index (κ1) is 27.6. The second kappa shape index (κ2) is 11.5. The minimum Gasteiger partial charge on any atom is -0.492 e. The first-order valence-corrected chi connectivity index (χ1v) is 12.5. The smallest absolute Gasteiger partial charge is 0.418 e. The average molecular weight is 528 g/mol. The zero-order chi connectivity index (χ0) is 27.3. The minimum absolute atomic E-state index is 0.159. The van der Waals surface area contributed by atoms with Crippen LogP contribution in [0.4, 0.5) is 18.9 Å². The van der Waals surface area contributed by atoms with E-state index in [9.17, 15) is 18.0 Å². The van der Waals surface area contributed by atoms with Gasteiger partial charge in [0.05, 0.1) is 24.5 Å². The summed E-state index contributed by atoms with van der Waals surface area (Å²) in [5.41, 5.74) is 1.02. The number of ether oxygens (including phenoxy) is 2. The van der Waals surface area contributed by atoms with Gasteiger partial charge in [0.1, 0.15) is 12.4 Å². The molecule has 0 spiro atoms. The Kier molecular flexibility index (Phi) is 8.38. The molecule has 38 heavy (non-hydrogen) atoms. The lowest BCUT2D eigenvalue weighted by Crippen LogP contribution is -2.38. The van der Waals surface area contributed by atoms with Crippen LogP contribution in [-0.4, -0.2) is 55.2 Å². The molecule has 0 saturated carbocycles. The quantitative estimate of drug-likeness (QED) is 0.407. The Labute approximate surface area is 220 Å². The number of halogens is 3. The van der Waals surface area contributed by atoms with E-state index in [4.69, 9.17) is 9.47 Å². The molecule has 0 atom stereocenters. The summed E-state index contributed by atoms with van der Waals surface area (Å²) in [6.07, 6.45) is -3.21. The third kappa shape index (κ3) is 6.90. The van der Waals surface area contributed by atoms with Crippen molar-refractivity contribution in [3.05, 3.63) is 77.5 Å². The number of hydrogen-bond donors (Lipinski definition) is 1. The Balaban J connectivity index is 1.47. The largest absolute Gasteiger partial charge is 0.492 e. The summed E-state index contributed by atoms with van der Waals surface area (Å²) in [6, 6.07) is 13.7. The monoisotopic (exact) mass is 527 g/mol. The second-order valence-corrected chi connectivity index (χ2v) is 10.2. The van der Waals surface area contributed by atoms with Gasteiger partial charge in [-0.2, -0.15) is 13.2 Å². The molecule has 0 radical (unpaired) electrons. The minimum atomic E-state index is -4.53. The number of alkyl halides is 3. The highest BCUT2D eigenvalue weighted by Gasteiger charge is 2.34. The maximum absolute atomic E-state index is 13.4. The lowest BCUT2D eigenvalue weighted by molar-refractivity contribution is -0.137. The number of carbonyl (C=O) groups excluding carboxylic acids is 1. The number of pyridine rings is 1. The maximum atomic E-state index is 13.4. The molecule has 6 nitrogen and oxygen atoms in total. The van der Waals surface area contributed by atoms with E-state index in [1.54, 1.807) is 0 Å². The summed E-state index contributed by atoms with van der Waals surface area (Å²) >= 11 is 0. The molecule has 202 valence electrons. The molecule has 1 aliphatic heterocycles. The van der Waals surface area contributed by atoms with Crippen LogP contribution in [0.5, 0.6) is 5.75 Å². The number of anilines is 1. The Morgan fingerprint density at radius 3 is 2.39 bits per heavy atom. The van der Waals surface area contributed by atoms with Gasteiger partial charge in [0, 0.05) is 48.7 Å². The van der Waals surface area contributed by atoms with Crippen molar-refractivity contribution >= 4 is 11.6 Å². The van der Waals surface area contributed by atoms with Crippen LogP contribution in [-0.2, 0) is 16.3 Å². The van der Waals surface area contributed by atoms with Crippen molar-refractivity contribution in [2.75, 3.05) is 44.8 Å². The van der Waals surface area contributed by atoms with Crippen molar-refractivity contribution in [2.24, 2.45) is 0 Å². The van der Waals surface area contributed by atoms with Gasteiger partial charge < -0.3 is 14.8 Å². The van der Waals surface area contributed by atoms with Crippen molar-refractivity contribution in [2.45, 2.75) is 32.4 Å². The molecule has 9 heteroatoms. The van der Waals surface area contributed by atoms with Gasteiger partial charge in [-0.25, -0.2) is 0 Å². The van der Waals surface area contributed by atoms with E-state index in [0.717, 1.165) is 44.5 Å². The summed E-state index contributed by atoms with van der Waals surface area (Å²) < 4.78 is 51.7. The highest BCUT2D eigenvalue weighted by Crippen LogP contribution is 2.36. The summed E-state index contributed by atoms with van der Waals surface area (Å²) in [5.74, 6) is 0.324. The number of morpholine rings is 1. The van der Waals surface area contributed by atoms with E-state index in [1.165, 1.54) is 36.5 Å². The van der Waals surface area contributed by atoms with Gasteiger partial charge in [-0.1, -0.05) is 39.0 Å². The zero-order valence-corrected chi connectivity index (χ0v) is 21.8. The number of aromatic nitrogens is 1. The summed E-state index contributed by atoms with van der Waals surface area (Å²) in [5, 5.41) is 2.87. The highest BCUT2D eigenvalue weighted by molar-refractivity contribution is 6.04. The predicted octanol–water partition coefficient (Wildman–Crippen LogP) is 6.03. The molecule has 0 unspecified atom stereocenters. The molecule has 1 saturated heterocycles. The Hall–Kier alpha value is -3.43. The molecule has 0 bridgehead atoms. The van der Waals surface area contributed by atoms with Crippen LogP contribution in [0.1, 0.15) is 42.3 Å². The van der Waals surface area contributed by atoms with Crippen molar-refractivity contribution in [1.29, 1.82) is 0 Å². The summed E-state index contributed by atoms with van der Waals surface area (Å²) in [7, 11) is 0. The molecule has 2 aromatic carbocycles. The van der Waals surface area contributed by atoms with Crippen LogP contribution >= 0.6 is 0 Å². The Morgan fingerprint density at radius 1 is 1.03 bits per heavy atom. The first-order valence-electron chi connectivity index (χ1n) is 12.5. The molecule has 1 N–H and O–H groups in total. The van der Waals surface area contributed by atoms with Gasteiger partial charge >= 0.3 is 6.18 Å². The number of carbonyl (C=O) groups is 1. The lowest BCUT2D eigenvalue weighted by Gasteiger charge is -2.27. The number of hydrogen-bond acceptors (Lipinski definition) is 5. The van der Waals surface area contributed by atoms with Gasteiger partial charge in [0.2, 0.25) is 0 Å². The van der Waals surface area contributed by atoms with Crippen LogP contribution in [0, 0.1) is 0 Å². The van der Waals surface area contributed by atoms with E-state index in [-0.39, 0.29) is 22.6 Å². The molecule has 1 fully saturated rings. The third-order valence-corrected chi connectivity index (χ3v) is 6.35.